The first-order valence-electron chi connectivity index (χ1n) is 5.23. The number of rotatable bonds is 3. The molecule has 0 aromatic heterocycles. The van der Waals surface area contributed by atoms with Crippen molar-refractivity contribution in [1.82, 2.24) is 4.90 Å². The van der Waals surface area contributed by atoms with Crippen LogP contribution in [-0.4, -0.2) is 30.6 Å². The van der Waals surface area contributed by atoms with E-state index in [0.717, 1.165) is 18.4 Å². The fourth-order valence-electron chi connectivity index (χ4n) is 2.25. The van der Waals surface area contributed by atoms with Gasteiger partial charge in [0.2, 0.25) is 0 Å². The van der Waals surface area contributed by atoms with Crippen molar-refractivity contribution in [2.45, 2.75) is 32.2 Å². The molecule has 0 radical (unpaired) electrons. The van der Waals surface area contributed by atoms with E-state index in [-0.39, 0.29) is 0 Å². The highest BCUT2D eigenvalue weighted by Crippen LogP contribution is 2.37. The van der Waals surface area contributed by atoms with Crippen LogP contribution in [0.5, 0.6) is 0 Å². The van der Waals surface area contributed by atoms with Crippen molar-refractivity contribution in [3.05, 3.63) is 0 Å². The third kappa shape index (κ3) is 1.99. The summed E-state index contributed by atoms with van der Waals surface area (Å²) < 4.78 is 0. The van der Waals surface area contributed by atoms with E-state index >= 15 is 0 Å². The predicted octanol–water partition coefficient (Wildman–Crippen LogP) is 1.07. The van der Waals surface area contributed by atoms with Gasteiger partial charge in [-0.2, -0.15) is 0 Å². The lowest BCUT2D eigenvalue weighted by atomic mass is 10.1. The van der Waals surface area contributed by atoms with Gasteiger partial charge in [0.15, 0.2) is 0 Å². The molecule has 1 heterocycles. The molecule has 0 aromatic carbocycles. The summed E-state index contributed by atoms with van der Waals surface area (Å²) in [4.78, 5) is 2.54. The second-order valence-corrected chi connectivity index (χ2v) is 4.62. The Labute approximate surface area is 75.1 Å². The Hall–Kier alpha value is -0.0800. The Morgan fingerprint density at radius 2 is 2.17 bits per heavy atom. The molecule has 70 valence electrons. The van der Waals surface area contributed by atoms with Crippen molar-refractivity contribution >= 4 is 0 Å². The van der Waals surface area contributed by atoms with E-state index in [0.29, 0.717) is 6.04 Å². The van der Waals surface area contributed by atoms with Crippen molar-refractivity contribution in [3.8, 4) is 0 Å². The van der Waals surface area contributed by atoms with Crippen molar-refractivity contribution in [2.24, 2.45) is 17.6 Å². The number of nitrogens with zero attached hydrogens (tertiary/aromatic N) is 1. The topological polar surface area (TPSA) is 29.3 Å². The summed E-state index contributed by atoms with van der Waals surface area (Å²) in [6.07, 6.45) is 4.15. The Morgan fingerprint density at radius 1 is 1.42 bits per heavy atom. The lowest BCUT2D eigenvalue weighted by molar-refractivity contribution is 0.269. The zero-order chi connectivity index (χ0) is 8.55. The zero-order valence-electron chi connectivity index (χ0n) is 8.00. The Kier molecular flexibility index (Phi) is 2.37. The molecule has 2 rings (SSSR count). The second kappa shape index (κ2) is 3.35. The Bertz CT molecular complexity index is 154. The van der Waals surface area contributed by atoms with Crippen molar-refractivity contribution < 1.29 is 0 Å². The molecule has 0 bridgehead atoms. The van der Waals surface area contributed by atoms with Gasteiger partial charge in [-0.3, -0.25) is 0 Å². The van der Waals surface area contributed by atoms with Crippen LogP contribution in [0.2, 0.25) is 0 Å². The number of hydrogen-bond donors (Lipinski definition) is 1. The number of hydrogen-bond acceptors (Lipinski definition) is 2. The van der Waals surface area contributed by atoms with E-state index < -0.39 is 0 Å². The molecule has 1 saturated heterocycles. The van der Waals surface area contributed by atoms with Crippen molar-refractivity contribution in [2.75, 3.05) is 19.6 Å². The molecule has 1 aliphatic carbocycles. The molecule has 2 unspecified atom stereocenters. The maximum Gasteiger partial charge on any atom is 0.0180 e. The normalized spacial score (nSPS) is 34.0. The molecule has 12 heavy (non-hydrogen) atoms. The van der Waals surface area contributed by atoms with Crippen molar-refractivity contribution in [1.29, 1.82) is 0 Å². The monoisotopic (exact) mass is 168 g/mol. The Balaban J connectivity index is 1.71. The fourth-order valence-corrected chi connectivity index (χ4v) is 2.25. The van der Waals surface area contributed by atoms with Crippen LogP contribution >= 0.6 is 0 Å². The number of nitrogens with two attached hydrogens (primary N) is 1. The van der Waals surface area contributed by atoms with Gasteiger partial charge in [-0.05, 0) is 37.6 Å². The molecule has 2 fully saturated rings. The highest BCUT2D eigenvalue weighted by atomic mass is 15.2. The first kappa shape index (κ1) is 8.52. The van der Waals surface area contributed by atoms with E-state index in [1.165, 1.54) is 32.4 Å². The summed E-state index contributed by atoms with van der Waals surface area (Å²) in [7, 11) is 0. The molecule has 2 heteroatoms. The third-order valence-electron chi connectivity index (χ3n) is 3.28. The minimum atomic E-state index is 0.455. The van der Waals surface area contributed by atoms with E-state index in [4.69, 9.17) is 5.73 Å². The van der Waals surface area contributed by atoms with Gasteiger partial charge in [0.05, 0.1) is 0 Å². The van der Waals surface area contributed by atoms with Crippen LogP contribution in [0.4, 0.5) is 0 Å². The minimum absolute atomic E-state index is 0.455. The highest BCUT2D eigenvalue weighted by molar-refractivity contribution is 4.84. The van der Waals surface area contributed by atoms with Crippen molar-refractivity contribution in [3.63, 3.8) is 0 Å². The van der Waals surface area contributed by atoms with Gasteiger partial charge in [-0.25, -0.2) is 0 Å². The number of likely N-dealkylation sites (tertiary alicyclic amines) is 1. The molecule has 0 amide bonds. The summed E-state index contributed by atoms with van der Waals surface area (Å²) in [6, 6.07) is 0.455. The van der Waals surface area contributed by atoms with Gasteiger partial charge < -0.3 is 10.6 Å². The van der Waals surface area contributed by atoms with Crippen LogP contribution in [0.15, 0.2) is 0 Å². The molecular weight excluding hydrogens is 148 g/mol. The molecule has 0 spiro atoms. The molecule has 2 nitrogen and oxygen atoms in total. The van der Waals surface area contributed by atoms with E-state index in [2.05, 4.69) is 11.8 Å². The van der Waals surface area contributed by atoms with Crippen LogP contribution in [0, 0.1) is 11.8 Å². The van der Waals surface area contributed by atoms with Crippen LogP contribution in [-0.2, 0) is 0 Å². The lowest BCUT2D eigenvalue weighted by Gasteiger charge is -2.19. The summed E-state index contributed by atoms with van der Waals surface area (Å²) in [5.74, 6) is 1.96. The molecular formula is C10H20N2. The molecule has 1 saturated carbocycles. The molecule has 0 aromatic rings. The molecule has 2 aliphatic rings. The van der Waals surface area contributed by atoms with Crippen LogP contribution < -0.4 is 5.73 Å². The maximum atomic E-state index is 5.85. The summed E-state index contributed by atoms with van der Waals surface area (Å²) >= 11 is 0. The largest absolute Gasteiger partial charge is 0.326 e. The zero-order valence-corrected chi connectivity index (χ0v) is 8.00. The molecule has 2 atom stereocenters. The van der Waals surface area contributed by atoms with E-state index in [9.17, 15) is 0 Å². The summed E-state index contributed by atoms with van der Waals surface area (Å²) in [6.45, 7) is 6.05. The van der Waals surface area contributed by atoms with Crippen LogP contribution in [0.1, 0.15) is 26.2 Å². The van der Waals surface area contributed by atoms with E-state index in [1.54, 1.807) is 0 Å². The van der Waals surface area contributed by atoms with Gasteiger partial charge in [0.1, 0.15) is 0 Å². The first-order chi connectivity index (χ1) is 5.75. The van der Waals surface area contributed by atoms with Gasteiger partial charge >= 0.3 is 0 Å². The third-order valence-corrected chi connectivity index (χ3v) is 3.28. The standard InChI is InChI=1S/C10H20N2/c1-8(9-2-3-9)6-12-5-4-10(11)7-12/h8-10H,2-7,11H2,1H3. The van der Waals surface area contributed by atoms with Crippen LogP contribution in [0.3, 0.4) is 0 Å². The maximum absolute atomic E-state index is 5.85. The molecule has 1 aliphatic heterocycles. The van der Waals surface area contributed by atoms with Gasteiger partial charge in [0.25, 0.3) is 0 Å². The fraction of sp³-hybridized carbons (Fsp3) is 1.00. The smallest absolute Gasteiger partial charge is 0.0180 e. The highest BCUT2D eigenvalue weighted by Gasteiger charge is 2.30. The average molecular weight is 168 g/mol. The average Bonchev–Trinajstić information content (AvgIpc) is 2.78. The van der Waals surface area contributed by atoms with E-state index in [1.807, 2.05) is 0 Å². The Morgan fingerprint density at radius 3 is 2.67 bits per heavy atom. The first-order valence-corrected chi connectivity index (χ1v) is 5.23. The quantitative estimate of drug-likeness (QED) is 0.683. The SMILES string of the molecule is CC(CN1CCC(N)C1)C1CC1. The summed E-state index contributed by atoms with van der Waals surface area (Å²) in [5.41, 5.74) is 5.85. The van der Waals surface area contributed by atoms with Gasteiger partial charge in [0, 0.05) is 19.1 Å². The summed E-state index contributed by atoms with van der Waals surface area (Å²) in [5, 5.41) is 0. The minimum Gasteiger partial charge on any atom is -0.326 e. The lowest BCUT2D eigenvalue weighted by Crippen LogP contribution is -2.30. The van der Waals surface area contributed by atoms with Gasteiger partial charge in [-0.1, -0.05) is 6.92 Å². The molecule has 2 N–H and O–H groups in total. The second-order valence-electron chi connectivity index (χ2n) is 4.62. The van der Waals surface area contributed by atoms with Gasteiger partial charge in [-0.15, -0.1) is 0 Å². The predicted molar refractivity (Wildman–Crippen MR) is 50.9 cm³/mol. The van der Waals surface area contributed by atoms with Crippen LogP contribution in [0.25, 0.3) is 0 Å².